The number of nitro benzene ring substituents is 1. The minimum Gasteiger partial charge on any atom is -0.454 e. The number of nitrogens with one attached hydrogen (secondary N) is 1. The van der Waals surface area contributed by atoms with Gasteiger partial charge in [0.1, 0.15) is 10.6 Å². The van der Waals surface area contributed by atoms with E-state index in [0.717, 1.165) is 24.3 Å². The smallest absolute Gasteiger partial charge is 0.338 e. The van der Waals surface area contributed by atoms with Gasteiger partial charge in [-0.3, -0.25) is 29.1 Å². The number of ether oxygens (including phenoxy) is 1. The van der Waals surface area contributed by atoms with Crippen LogP contribution in [-0.4, -0.2) is 41.1 Å². The Hall–Kier alpha value is -4.46. The number of halogens is 2. The van der Waals surface area contributed by atoms with Gasteiger partial charge in [-0.05, 0) is 43.3 Å². The number of hydrogen-bond donors (Lipinski definition) is 1. The summed E-state index contributed by atoms with van der Waals surface area (Å²) in [7, 11) is -2.98. The topological polar surface area (TPSA) is 160 Å². The summed E-state index contributed by atoms with van der Waals surface area (Å²) in [5.74, 6) is -1.74. The lowest BCUT2D eigenvalue weighted by molar-refractivity contribution is -0.384. The first-order valence-electron chi connectivity index (χ1n) is 11.6. The third-order valence-corrected chi connectivity index (χ3v) is 8.33. The molecule has 0 radical (unpaired) electrons. The molecule has 1 N–H and O–H groups in total. The first-order chi connectivity index (χ1) is 19.3. The van der Waals surface area contributed by atoms with Gasteiger partial charge in [-0.25, -0.2) is 17.9 Å². The number of aromatic nitrogens is 2. The number of para-hydroxylation sites is 1. The molecule has 0 aliphatic carbocycles. The first kappa shape index (κ1) is 29.5. The number of anilines is 1. The van der Waals surface area contributed by atoms with Crippen molar-refractivity contribution in [1.82, 2.24) is 9.36 Å². The first-order valence-corrected chi connectivity index (χ1v) is 13.9. The van der Waals surface area contributed by atoms with Crippen molar-refractivity contribution in [3.8, 4) is 5.69 Å². The SMILES string of the molecule is Cc1c(NS(=O)(=O)c2cc(C(=O)OCC(=O)c3ccc([N+](=O)[O-])cc3)cc(Cl)c2Cl)c(=O)n(-c2ccccc2)n1C. The van der Waals surface area contributed by atoms with Gasteiger partial charge in [0.25, 0.3) is 21.3 Å². The van der Waals surface area contributed by atoms with Crippen LogP contribution in [0.4, 0.5) is 11.4 Å². The summed E-state index contributed by atoms with van der Waals surface area (Å²) >= 11 is 12.3. The Balaban J connectivity index is 1.59. The highest BCUT2D eigenvalue weighted by atomic mass is 35.5. The Morgan fingerprint density at radius 2 is 1.66 bits per heavy atom. The number of Topliss-reactive ketones (excluding diaryl/α,β-unsaturated/α-hetero) is 1. The summed E-state index contributed by atoms with van der Waals surface area (Å²) in [5.41, 5.74) is -0.589. The number of benzene rings is 3. The largest absolute Gasteiger partial charge is 0.454 e. The molecule has 4 aromatic rings. The quantitative estimate of drug-likeness (QED) is 0.124. The Bertz CT molecular complexity index is 1850. The molecule has 0 aliphatic rings. The number of nitro groups is 1. The maximum Gasteiger partial charge on any atom is 0.338 e. The van der Waals surface area contributed by atoms with E-state index in [-0.39, 0.29) is 27.5 Å². The number of nitrogens with zero attached hydrogens (tertiary/aromatic N) is 3. The van der Waals surface area contributed by atoms with E-state index in [1.54, 1.807) is 44.3 Å². The number of carbonyl (C=O) groups is 2. The average molecular weight is 619 g/mol. The molecule has 0 saturated heterocycles. The van der Waals surface area contributed by atoms with E-state index in [1.165, 1.54) is 21.5 Å². The molecule has 212 valence electrons. The Morgan fingerprint density at radius 1 is 1.02 bits per heavy atom. The summed E-state index contributed by atoms with van der Waals surface area (Å²) in [5, 5.41) is 10.1. The van der Waals surface area contributed by atoms with Crippen molar-refractivity contribution >= 4 is 56.4 Å². The van der Waals surface area contributed by atoms with Gasteiger partial charge in [0.2, 0.25) is 0 Å². The summed E-state index contributed by atoms with van der Waals surface area (Å²) in [6.07, 6.45) is 0. The van der Waals surface area contributed by atoms with Crippen molar-refractivity contribution in [3.63, 3.8) is 0 Å². The molecule has 1 heterocycles. The molecule has 12 nitrogen and oxygen atoms in total. The Labute approximate surface area is 242 Å². The number of sulfonamides is 1. The zero-order chi connectivity index (χ0) is 30.1. The molecule has 0 spiro atoms. The average Bonchev–Trinajstić information content (AvgIpc) is 3.15. The highest BCUT2D eigenvalue weighted by Gasteiger charge is 2.27. The van der Waals surface area contributed by atoms with Crippen LogP contribution in [-0.2, 0) is 21.8 Å². The normalized spacial score (nSPS) is 11.2. The van der Waals surface area contributed by atoms with Crippen molar-refractivity contribution < 1.29 is 27.7 Å². The molecule has 15 heteroatoms. The van der Waals surface area contributed by atoms with Gasteiger partial charge in [-0.2, -0.15) is 0 Å². The fraction of sp³-hybridized carbons (Fsp3) is 0.115. The minimum absolute atomic E-state index is 0.0596. The zero-order valence-electron chi connectivity index (χ0n) is 21.3. The number of hydrogen-bond acceptors (Lipinski definition) is 8. The molecule has 1 aromatic heterocycles. The van der Waals surface area contributed by atoms with Crippen LogP contribution < -0.4 is 10.3 Å². The van der Waals surface area contributed by atoms with Crippen molar-refractivity contribution in [2.45, 2.75) is 11.8 Å². The van der Waals surface area contributed by atoms with E-state index >= 15 is 0 Å². The third-order valence-electron chi connectivity index (χ3n) is 6.05. The summed E-state index contributed by atoms with van der Waals surface area (Å²) in [6.45, 7) is 0.808. The molecular formula is C26H20Cl2N4O8S. The van der Waals surface area contributed by atoms with Gasteiger partial charge in [-0.1, -0.05) is 41.4 Å². The second kappa shape index (κ2) is 11.6. The van der Waals surface area contributed by atoms with Crippen LogP contribution in [0, 0.1) is 17.0 Å². The van der Waals surface area contributed by atoms with Gasteiger partial charge in [0, 0.05) is 24.7 Å². The molecule has 0 saturated carbocycles. The van der Waals surface area contributed by atoms with E-state index in [4.69, 9.17) is 27.9 Å². The lowest BCUT2D eigenvalue weighted by Crippen LogP contribution is -2.23. The van der Waals surface area contributed by atoms with Gasteiger partial charge in [0.05, 0.1) is 31.9 Å². The lowest BCUT2D eigenvalue weighted by Gasteiger charge is -2.12. The second-order valence-electron chi connectivity index (χ2n) is 8.62. The highest BCUT2D eigenvalue weighted by Crippen LogP contribution is 2.32. The van der Waals surface area contributed by atoms with Crippen molar-refractivity contribution in [2.24, 2.45) is 7.05 Å². The highest BCUT2D eigenvalue weighted by molar-refractivity contribution is 7.92. The number of non-ortho nitro benzene ring substituents is 1. The Kier molecular flexibility index (Phi) is 8.33. The van der Waals surface area contributed by atoms with E-state index in [9.17, 15) is 32.9 Å². The molecule has 0 amide bonds. The maximum atomic E-state index is 13.4. The summed E-state index contributed by atoms with van der Waals surface area (Å²) in [6, 6.07) is 15.2. The number of ketones is 1. The standard InChI is InChI=1S/C26H20Cl2N4O8S/c1-15-24(25(34)31(30(15)2)18-6-4-3-5-7-18)29-41(38,39)22-13-17(12-20(27)23(22)28)26(35)40-14-21(33)16-8-10-19(11-9-16)32(36)37/h3-13,29H,14H2,1-2H3. The maximum absolute atomic E-state index is 13.4. The molecule has 0 bridgehead atoms. The fourth-order valence-electron chi connectivity index (χ4n) is 3.82. The molecule has 3 aromatic carbocycles. The van der Waals surface area contributed by atoms with Crippen LogP contribution in [0.1, 0.15) is 26.4 Å². The van der Waals surface area contributed by atoms with Crippen molar-refractivity contribution in [1.29, 1.82) is 0 Å². The molecule has 0 atom stereocenters. The molecule has 0 aliphatic heterocycles. The number of carbonyl (C=O) groups excluding carboxylic acids is 2. The van der Waals surface area contributed by atoms with Crippen LogP contribution >= 0.6 is 23.2 Å². The van der Waals surface area contributed by atoms with Gasteiger partial charge in [0.15, 0.2) is 12.4 Å². The predicted molar refractivity (Wildman–Crippen MR) is 151 cm³/mol. The van der Waals surface area contributed by atoms with Crippen LogP contribution in [0.3, 0.4) is 0 Å². The van der Waals surface area contributed by atoms with E-state index in [0.29, 0.717) is 11.4 Å². The van der Waals surface area contributed by atoms with Crippen LogP contribution in [0.15, 0.2) is 76.4 Å². The minimum atomic E-state index is -4.56. The molecular weight excluding hydrogens is 599 g/mol. The van der Waals surface area contributed by atoms with E-state index in [1.807, 2.05) is 0 Å². The third kappa shape index (κ3) is 6.01. The lowest BCUT2D eigenvalue weighted by atomic mass is 10.1. The number of esters is 1. The fourth-order valence-corrected chi connectivity index (χ4v) is 5.75. The van der Waals surface area contributed by atoms with Gasteiger partial charge in [-0.15, -0.1) is 0 Å². The van der Waals surface area contributed by atoms with Crippen LogP contribution in [0.2, 0.25) is 10.0 Å². The number of rotatable bonds is 9. The van der Waals surface area contributed by atoms with Gasteiger partial charge < -0.3 is 4.74 Å². The monoisotopic (exact) mass is 618 g/mol. The second-order valence-corrected chi connectivity index (χ2v) is 11.1. The van der Waals surface area contributed by atoms with Crippen LogP contribution in [0.25, 0.3) is 5.69 Å². The van der Waals surface area contributed by atoms with E-state index < -0.39 is 48.8 Å². The van der Waals surface area contributed by atoms with Crippen molar-refractivity contribution in [2.75, 3.05) is 11.3 Å². The molecule has 41 heavy (non-hydrogen) atoms. The van der Waals surface area contributed by atoms with E-state index in [2.05, 4.69) is 4.72 Å². The van der Waals surface area contributed by atoms with Gasteiger partial charge >= 0.3 is 5.97 Å². The Morgan fingerprint density at radius 3 is 2.27 bits per heavy atom. The molecule has 4 rings (SSSR count). The molecule has 0 fully saturated rings. The zero-order valence-corrected chi connectivity index (χ0v) is 23.7. The van der Waals surface area contributed by atoms with Crippen molar-refractivity contribution in [3.05, 3.63) is 114 Å². The van der Waals surface area contributed by atoms with Crippen LogP contribution in [0.5, 0.6) is 0 Å². The summed E-state index contributed by atoms with van der Waals surface area (Å²) in [4.78, 5) is 47.8. The molecule has 0 unspecified atom stereocenters. The predicted octanol–water partition coefficient (Wildman–Crippen LogP) is 4.54. The summed E-state index contributed by atoms with van der Waals surface area (Å²) < 4.78 is 36.7.